The van der Waals surface area contributed by atoms with Gasteiger partial charge in [-0.1, -0.05) is 25.8 Å². The molecular formula is C16H24N2O2S. The average Bonchev–Trinajstić information content (AvgIpc) is 3.21. The third-order valence-electron chi connectivity index (χ3n) is 4.46. The number of carbonyl (C=O) groups excluding carboxylic acids is 1. The molecule has 0 bridgehead atoms. The van der Waals surface area contributed by atoms with Gasteiger partial charge in [-0.15, -0.1) is 11.3 Å². The Bertz CT molecular complexity index is 457. The van der Waals surface area contributed by atoms with Crippen LogP contribution in [-0.4, -0.2) is 36.1 Å². The normalized spacial score (nSPS) is 26.9. The van der Waals surface area contributed by atoms with Crippen molar-refractivity contribution >= 4 is 17.2 Å². The molecule has 2 atom stereocenters. The predicted octanol–water partition coefficient (Wildman–Crippen LogP) is 2.92. The van der Waals surface area contributed by atoms with Crippen LogP contribution < -0.4 is 5.32 Å². The zero-order valence-corrected chi connectivity index (χ0v) is 13.4. The molecule has 2 aliphatic rings. The van der Waals surface area contributed by atoms with Gasteiger partial charge in [-0.2, -0.15) is 0 Å². The van der Waals surface area contributed by atoms with E-state index in [0.29, 0.717) is 19.3 Å². The Kier molecular flexibility index (Phi) is 4.93. The highest BCUT2D eigenvalue weighted by atomic mass is 32.1. The van der Waals surface area contributed by atoms with Crippen LogP contribution in [0.4, 0.5) is 0 Å². The van der Waals surface area contributed by atoms with E-state index < -0.39 is 0 Å². The van der Waals surface area contributed by atoms with Crippen LogP contribution in [0.15, 0.2) is 17.5 Å². The molecule has 0 spiro atoms. The van der Waals surface area contributed by atoms with Crippen LogP contribution in [0.1, 0.15) is 50.1 Å². The fourth-order valence-electron chi connectivity index (χ4n) is 3.27. The predicted molar refractivity (Wildman–Crippen MR) is 84.2 cm³/mol. The Labute approximate surface area is 130 Å². The van der Waals surface area contributed by atoms with Crippen molar-refractivity contribution in [3.63, 3.8) is 0 Å². The first-order valence-corrected chi connectivity index (χ1v) is 8.89. The van der Waals surface area contributed by atoms with Crippen molar-refractivity contribution in [1.82, 2.24) is 10.2 Å². The third-order valence-corrected chi connectivity index (χ3v) is 5.39. The van der Waals surface area contributed by atoms with E-state index in [2.05, 4.69) is 23.7 Å². The molecule has 0 radical (unpaired) electrons. The molecule has 1 aromatic heterocycles. The molecule has 2 heterocycles. The van der Waals surface area contributed by atoms with Crippen LogP contribution >= 0.6 is 11.3 Å². The summed E-state index contributed by atoms with van der Waals surface area (Å²) in [7, 11) is 0. The summed E-state index contributed by atoms with van der Waals surface area (Å²) in [5, 5.41) is 5.52. The summed E-state index contributed by atoms with van der Waals surface area (Å²) in [6.45, 7) is 3.39. The summed E-state index contributed by atoms with van der Waals surface area (Å²) < 4.78 is 5.93. The molecular weight excluding hydrogens is 284 g/mol. The monoisotopic (exact) mass is 308 g/mol. The summed E-state index contributed by atoms with van der Waals surface area (Å²) >= 11 is 1.70. The highest BCUT2D eigenvalue weighted by Gasteiger charge is 2.38. The van der Waals surface area contributed by atoms with Crippen LogP contribution in [0.25, 0.3) is 0 Å². The lowest BCUT2D eigenvalue weighted by atomic mass is 10.2. The molecule has 5 heteroatoms. The van der Waals surface area contributed by atoms with Crippen LogP contribution in [0.3, 0.4) is 0 Å². The summed E-state index contributed by atoms with van der Waals surface area (Å²) in [5.41, 5.74) is 0. The highest BCUT2D eigenvalue weighted by molar-refractivity contribution is 7.10. The Morgan fingerprint density at radius 2 is 2.24 bits per heavy atom. The second-order valence-electron chi connectivity index (χ2n) is 5.85. The van der Waals surface area contributed by atoms with Gasteiger partial charge in [-0.3, -0.25) is 10.1 Å². The lowest BCUT2D eigenvalue weighted by Gasteiger charge is -2.24. The summed E-state index contributed by atoms with van der Waals surface area (Å²) in [4.78, 5) is 15.6. The Balaban J connectivity index is 1.60. The van der Waals surface area contributed by atoms with Gasteiger partial charge in [0, 0.05) is 11.4 Å². The van der Waals surface area contributed by atoms with Crippen LogP contribution in [0.5, 0.6) is 0 Å². The van der Waals surface area contributed by atoms with E-state index >= 15 is 0 Å². The maximum Gasteiger partial charge on any atom is 0.241 e. The quantitative estimate of drug-likeness (QED) is 0.878. The fourth-order valence-corrected chi connectivity index (χ4v) is 4.06. The minimum absolute atomic E-state index is 0.0228. The van der Waals surface area contributed by atoms with Gasteiger partial charge in [0.1, 0.15) is 6.17 Å². The second kappa shape index (κ2) is 6.90. The molecule has 1 saturated heterocycles. The first kappa shape index (κ1) is 15.0. The van der Waals surface area contributed by atoms with E-state index in [1.807, 2.05) is 11.0 Å². The minimum atomic E-state index is -0.0522. The highest BCUT2D eigenvalue weighted by Crippen LogP contribution is 2.29. The molecule has 3 rings (SSSR count). The van der Waals surface area contributed by atoms with E-state index in [1.54, 1.807) is 11.3 Å². The number of nitrogens with zero attached hydrogens (tertiary/aromatic N) is 1. The summed E-state index contributed by atoms with van der Waals surface area (Å²) in [5.74, 6) is 0.214. The van der Waals surface area contributed by atoms with Crippen LogP contribution in [0, 0.1) is 0 Å². The minimum Gasteiger partial charge on any atom is -0.376 e. The summed E-state index contributed by atoms with van der Waals surface area (Å²) in [6, 6.07) is 4.08. The Morgan fingerprint density at radius 3 is 2.90 bits per heavy atom. The molecule has 1 aliphatic carbocycles. The third kappa shape index (κ3) is 3.30. The van der Waals surface area contributed by atoms with Gasteiger partial charge in [-0.25, -0.2) is 0 Å². The molecule has 1 aromatic rings. The fraction of sp³-hybridized carbons (Fsp3) is 0.688. The van der Waals surface area contributed by atoms with Gasteiger partial charge in [0.25, 0.3) is 0 Å². The van der Waals surface area contributed by atoms with Crippen molar-refractivity contribution in [2.24, 2.45) is 0 Å². The Hall–Kier alpha value is -0.910. The standard InChI is InChI=1S/C16H24N2O2S/c1-2-13-16(19)18(9-10-20-12-6-3-4-7-12)15(17-13)14-8-5-11-21-14/h5,8,11-13,15,17H,2-4,6-7,9-10H2,1H3. The molecule has 1 saturated carbocycles. The molecule has 4 nitrogen and oxygen atoms in total. The maximum absolute atomic E-state index is 12.5. The maximum atomic E-state index is 12.5. The number of rotatable bonds is 6. The number of hydrogen-bond acceptors (Lipinski definition) is 4. The number of thiophene rings is 1. The SMILES string of the molecule is CCC1NC(c2cccs2)N(CCOC2CCCC2)C1=O. The largest absolute Gasteiger partial charge is 0.376 e. The van der Waals surface area contributed by atoms with Gasteiger partial charge in [0.2, 0.25) is 5.91 Å². The van der Waals surface area contributed by atoms with Gasteiger partial charge in [0.15, 0.2) is 0 Å². The molecule has 116 valence electrons. The molecule has 2 unspecified atom stereocenters. The van der Waals surface area contributed by atoms with Gasteiger partial charge in [0.05, 0.1) is 18.8 Å². The number of nitrogens with one attached hydrogen (secondary N) is 1. The molecule has 0 aromatic carbocycles. The number of amides is 1. The van der Waals surface area contributed by atoms with E-state index in [1.165, 1.54) is 30.6 Å². The average molecular weight is 308 g/mol. The molecule has 1 aliphatic heterocycles. The van der Waals surface area contributed by atoms with E-state index in [0.717, 1.165) is 6.42 Å². The number of hydrogen-bond donors (Lipinski definition) is 1. The van der Waals surface area contributed by atoms with Crippen LogP contribution in [-0.2, 0) is 9.53 Å². The van der Waals surface area contributed by atoms with Crippen molar-refractivity contribution in [3.8, 4) is 0 Å². The van der Waals surface area contributed by atoms with E-state index in [4.69, 9.17) is 4.74 Å². The zero-order valence-electron chi connectivity index (χ0n) is 12.6. The van der Waals surface area contributed by atoms with E-state index in [9.17, 15) is 4.79 Å². The van der Waals surface area contributed by atoms with Crippen molar-refractivity contribution in [3.05, 3.63) is 22.4 Å². The topological polar surface area (TPSA) is 41.6 Å². The molecule has 21 heavy (non-hydrogen) atoms. The van der Waals surface area contributed by atoms with Crippen molar-refractivity contribution in [2.75, 3.05) is 13.2 Å². The van der Waals surface area contributed by atoms with Crippen molar-refractivity contribution in [1.29, 1.82) is 0 Å². The molecule has 2 fully saturated rings. The Morgan fingerprint density at radius 1 is 1.43 bits per heavy atom. The van der Waals surface area contributed by atoms with Gasteiger partial charge >= 0.3 is 0 Å². The number of carbonyl (C=O) groups is 1. The smallest absolute Gasteiger partial charge is 0.241 e. The lowest BCUT2D eigenvalue weighted by Crippen LogP contribution is -2.34. The van der Waals surface area contributed by atoms with Gasteiger partial charge in [-0.05, 0) is 30.7 Å². The van der Waals surface area contributed by atoms with Crippen molar-refractivity contribution in [2.45, 2.75) is 57.3 Å². The second-order valence-corrected chi connectivity index (χ2v) is 6.83. The van der Waals surface area contributed by atoms with Crippen LogP contribution in [0.2, 0.25) is 0 Å². The first-order valence-electron chi connectivity index (χ1n) is 8.01. The number of ether oxygens (including phenoxy) is 1. The molecule has 1 amide bonds. The molecule has 1 N–H and O–H groups in total. The summed E-state index contributed by atoms with van der Waals surface area (Å²) in [6.07, 6.45) is 6.19. The lowest BCUT2D eigenvalue weighted by molar-refractivity contribution is -0.131. The van der Waals surface area contributed by atoms with E-state index in [-0.39, 0.29) is 18.1 Å². The first-order chi connectivity index (χ1) is 10.3. The zero-order chi connectivity index (χ0) is 14.7. The van der Waals surface area contributed by atoms with Crippen molar-refractivity contribution < 1.29 is 9.53 Å². The van der Waals surface area contributed by atoms with Gasteiger partial charge < -0.3 is 9.64 Å².